The molecule has 1 fully saturated rings. The highest BCUT2D eigenvalue weighted by atomic mass is 35.5. The van der Waals surface area contributed by atoms with Gasteiger partial charge in [-0.15, -0.1) is 0 Å². The fraction of sp³-hybridized carbons (Fsp3) is 0.167. The number of hydrogen-bond acceptors (Lipinski definition) is 6. The molecule has 2 N–H and O–H groups in total. The Morgan fingerprint density at radius 1 is 0.889 bits per heavy atom. The fourth-order valence-electron chi connectivity index (χ4n) is 3.88. The van der Waals surface area contributed by atoms with E-state index in [1.54, 1.807) is 12.1 Å². The van der Waals surface area contributed by atoms with Crippen LogP contribution in [0.2, 0.25) is 5.02 Å². The Hall–Kier alpha value is -3.09. The van der Waals surface area contributed by atoms with Crippen LogP contribution in [-0.2, 0) is 36.2 Å². The van der Waals surface area contributed by atoms with E-state index in [2.05, 4.69) is 0 Å². The van der Waals surface area contributed by atoms with Gasteiger partial charge in [-0.05, 0) is 61.0 Å². The van der Waals surface area contributed by atoms with Gasteiger partial charge in [0, 0.05) is 11.6 Å². The number of benzene rings is 3. The summed E-state index contributed by atoms with van der Waals surface area (Å²) in [6.07, 6.45) is -0.381. The van der Waals surface area contributed by atoms with Gasteiger partial charge in [0.2, 0.25) is 26.0 Å². The number of primary sulfonamides is 1. The SMILES string of the molecule is Cc1ccc(CN(C2CC(=O)N(c3ccc(S(N)(=O)=O)cc3)C2=O)S(=O)(=O)c2ccc(Cl)cc2)cc1. The quantitative estimate of drug-likeness (QED) is 0.452. The van der Waals surface area contributed by atoms with Crippen LogP contribution in [0.3, 0.4) is 0 Å². The van der Waals surface area contributed by atoms with Gasteiger partial charge in [0.25, 0.3) is 5.91 Å². The summed E-state index contributed by atoms with van der Waals surface area (Å²) in [5.41, 5.74) is 1.72. The molecule has 1 atom stereocenters. The van der Waals surface area contributed by atoms with Gasteiger partial charge < -0.3 is 0 Å². The minimum atomic E-state index is -4.22. The van der Waals surface area contributed by atoms with E-state index in [0.717, 1.165) is 14.8 Å². The molecule has 3 aromatic rings. The van der Waals surface area contributed by atoms with E-state index in [9.17, 15) is 26.4 Å². The third-order valence-electron chi connectivity index (χ3n) is 5.77. The molecule has 0 spiro atoms. The van der Waals surface area contributed by atoms with Crippen molar-refractivity contribution < 1.29 is 26.4 Å². The van der Waals surface area contributed by atoms with Crippen molar-refractivity contribution in [1.82, 2.24) is 4.31 Å². The van der Waals surface area contributed by atoms with Crippen LogP contribution in [0.1, 0.15) is 17.5 Å². The number of nitrogens with two attached hydrogens (primary N) is 1. The second-order valence-corrected chi connectivity index (χ2v) is 12.2. The molecule has 0 aromatic heterocycles. The molecule has 0 bridgehead atoms. The predicted molar refractivity (Wildman–Crippen MR) is 134 cm³/mol. The Morgan fingerprint density at radius 3 is 2.00 bits per heavy atom. The number of carbonyl (C=O) groups is 2. The highest BCUT2D eigenvalue weighted by molar-refractivity contribution is 7.89. The summed E-state index contributed by atoms with van der Waals surface area (Å²) >= 11 is 5.92. The molecule has 2 amide bonds. The summed E-state index contributed by atoms with van der Waals surface area (Å²) in [4.78, 5) is 27.0. The molecule has 1 aliphatic rings. The van der Waals surface area contributed by atoms with Crippen molar-refractivity contribution in [3.05, 3.63) is 88.9 Å². The lowest BCUT2D eigenvalue weighted by molar-refractivity contribution is -0.122. The lowest BCUT2D eigenvalue weighted by atomic mass is 10.1. The molecule has 1 heterocycles. The van der Waals surface area contributed by atoms with E-state index in [0.29, 0.717) is 10.6 Å². The molecule has 0 radical (unpaired) electrons. The number of carbonyl (C=O) groups excluding carboxylic acids is 2. The monoisotopic (exact) mass is 547 g/mol. The van der Waals surface area contributed by atoms with E-state index < -0.39 is 37.9 Å². The van der Waals surface area contributed by atoms with Gasteiger partial charge in [0.1, 0.15) is 6.04 Å². The van der Waals surface area contributed by atoms with E-state index in [1.165, 1.54) is 48.5 Å². The summed E-state index contributed by atoms with van der Waals surface area (Å²) < 4.78 is 51.4. The Kier molecular flexibility index (Phi) is 7.04. The molecular formula is C24H22ClN3O6S2. The third kappa shape index (κ3) is 5.20. The number of nitrogens with zero attached hydrogens (tertiary/aromatic N) is 2. The first-order chi connectivity index (χ1) is 16.9. The summed E-state index contributed by atoms with van der Waals surface area (Å²) in [5, 5.41) is 5.46. The van der Waals surface area contributed by atoms with Crippen LogP contribution in [-0.4, -0.2) is 39.0 Å². The largest absolute Gasteiger partial charge is 0.274 e. The molecule has 1 aliphatic heterocycles. The molecule has 9 nitrogen and oxygen atoms in total. The summed E-state index contributed by atoms with van der Waals surface area (Å²) in [6, 6.07) is 16.3. The number of rotatable bonds is 7. The maximum absolute atomic E-state index is 13.7. The van der Waals surface area contributed by atoms with E-state index in [-0.39, 0.29) is 28.4 Å². The minimum absolute atomic E-state index is 0.0739. The number of hydrogen-bond donors (Lipinski definition) is 1. The lowest BCUT2D eigenvalue weighted by Gasteiger charge is -2.27. The number of aryl methyl sites for hydroxylation is 1. The van der Waals surface area contributed by atoms with Gasteiger partial charge in [-0.1, -0.05) is 41.4 Å². The molecule has 12 heteroatoms. The van der Waals surface area contributed by atoms with Crippen LogP contribution < -0.4 is 10.0 Å². The summed E-state index contributed by atoms with van der Waals surface area (Å²) in [5.74, 6) is -1.36. The zero-order valence-corrected chi connectivity index (χ0v) is 21.4. The maximum Gasteiger partial charge on any atom is 0.252 e. The number of imide groups is 1. The van der Waals surface area contributed by atoms with Crippen LogP contribution in [0.5, 0.6) is 0 Å². The minimum Gasteiger partial charge on any atom is -0.274 e. The molecule has 188 valence electrons. The highest BCUT2D eigenvalue weighted by Crippen LogP contribution is 2.31. The average Bonchev–Trinajstić information content (AvgIpc) is 3.11. The van der Waals surface area contributed by atoms with Crippen LogP contribution in [0, 0.1) is 6.92 Å². The predicted octanol–water partition coefficient (Wildman–Crippen LogP) is 2.82. The van der Waals surface area contributed by atoms with Crippen molar-refractivity contribution in [2.45, 2.75) is 35.7 Å². The molecular weight excluding hydrogens is 526 g/mol. The molecule has 0 aliphatic carbocycles. The number of amides is 2. The average molecular weight is 548 g/mol. The Balaban J connectivity index is 1.73. The van der Waals surface area contributed by atoms with E-state index in [4.69, 9.17) is 16.7 Å². The van der Waals surface area contributed by atoms with Gasteiger partial charge in [-0.3, -0.25) is 9.59 Å². The number of halogens is 1. The van der Waals surface area contributed by atoms with Crippen LogP contribution >= 0.6 is 11.6 Å². The first-order valence-electron chi connectivity index (χ1n) is 10.7. The Bertz CT molecular complexity index is 1520. The van der Waals surface area contributed by atoms with Gasteiger partial charge in [-0.2, -0.15) is 4.31 Å². The molecule has 3 aromatic carbocycles. The normalized spacial score (nSPS) is 16.7. The molecule has 1 saturated heterocycles. The van der Waals surface area contributed by atoms with Gasteiger partial charge in [0.05, 0.1) is 21.9 Å². The second-order valence-electron chi connectivity index (χ2n) is 8.32. The lowest BCUT2D eigenvalue weighted by Crippen LogP contribution is -2.45. The number of sulfonamides is 2. The van der Waals surface area contributed by atoms with Crippen molar-refractivity contribution in [3.8, 4) is 0 Å². The third-order valence-corrected chi connectivity index (χ3v) is 8.82. The van der Waals surface area contributed by atoms with Crippen molar-refractivity contribution in [1.29, 1.82) is 0 Å². The van der Waals surface area contributed by atoms with Crippen LogP contribution in [0.15, 0.2) is 82.6 Å². The van der Waals surface area contributed by atoms with Gasteiger partial charge in [0.15, 0.2) is 0 Å². The van der Waals surface area contributed by atoms with Crippen LogP contribution in [0.4, 0.5) is 5.69 Å². The van der Waals surface area contributed by atoms with Crippen molar-refractivity contribution in [2.24, 2.45) is 5.14 Å². The van der Waals surface area contributed by atoms with E-state index in [1.807, 2.05) is 19.1 Å². The summed E-state index contributed by atoms with van der Waals surface area (Å²) in [7, 11) is -8.19. The van der Waals surface area contributed by atoms with Crippen molar-refractivity contribution >= 4 is 49.1 Å². The highest BCUT2D eigenvalue weighted by Gasteiger charge is 2.47. The zero-order chi connectivity index (χ0) is 26.3. The Labute approximate surface area is 214 Å². The molecule has 1 unspecified atom stereocenters. The van der Waals surface area contributed by atoms with Crippen LogP contribution in [0.25, 0.3) is 0 Å². The topological polar surface area (TPSA) is 135 Å². The standard InChI is InChI=1S/C24H22ClN3O6S2/c1-16-2-4-17(5-3-16)15-27(36(33,34)21-10-6-18(25)7-11-21)22-14-23(29)28(24(22)30)19-8-12-20(13-9-19)35(26,31)32/h2-13,22H,14-15H2,1H3,(H2,26,31,32). The molecule has 36 heavy (non-hydrogen) atoms. The summed E-state index contributed by atoms with van der Waals surface area (Å²) in [6.45, 7) is 1.75. The first-order valence-corrected chi connectivity index (χ1v) is 14.1. The Morgan fingerprint density at radius 2 is 1.44 bits per heavy atom. The smallest absolute Gasteiger partial charge is 0.252 e. The van der Waals surface area contributed by atoms with Gasteiger partial charge >= 0.3 is 0 Å². The molecule has 0 saturated carbocycles. The number of anilines is 1. The zero-order valence-electron chi connectivity index (χ0n) is 19.0. The van der Waals surface area contributed by atoms with Gasteiger partial charge in [-0.25, -0.2) is 26.9 Å². The fourth-order valence-corrected chi connectivity index (χ4v) is 6.09. The molecule has 4 rings (SSSR count). The van der Waals surface area contributed by atoms with E-state index >= 15 is 0 Å². The van der Waals surface area contributed by atoms with Crippen molar-refractivity contribution in [2.75, 3.05) is 4.90 Å². The first kappa shape index (κ1) is 26.0. The maximum atomic E-state index is 13.7. The second kappa shape index (κ2) is 9.75. The van der Waals surface area contributed by atoms with Crippen molar-refractivity contribution in [3.63, 3.8) is 0 Å².